The summed E-state index contributed by atoms with van der Waals surface area (Å²) in [6.45, 7) is 1.81. The molecule has 1 N–H and O–H groups in total. The average Bonchev–Trinajstić information content (AvgIpc) is 2.73. The molecule has 0 saturated carbocycles. The fourth-order valence-electron chi connectivity index (χ4n) is 1.87. The van der Waals surface area contributed by atoms with Crippen molar-refractivity contribution in [2.45, 2.75) is 6.92 Å². The molecule has 0 amide bonds. The zero-order chi connectivity index (χ0) is 12.7. The number of aryl methyl sites for hydroxylation is 1. The minimum absolute atomic E-state index is 0.251. The first kappa shape index (κ1) is 11.1. The van der Waals surface area contributed by atoms with Crippen LogP contribution in [0.25, 0.3) is 22.4 Å². The van der Waals surface area contributed by atoms with Gasteiger partial charge >= 0.3 is 0 Å². The first-order chi connectivity index (χ1) is 8.63. The third kappa shape index (κ3) is 1.82. The van der Waals surface area contributed by atoms with Crippen molar-refractivity contribution in [1.29, 1.82) is 0 Å². The van der Waals surface area contributed by atoms with Crippen LogP contribution in [0.1, 0.15) is 5.82 Å². The molecule has 0 spiro atoms. The highest BCUT2D eigenvalue weighted by Gasteiger charge is 2.10. The lowest BCUT2D eigenvalue weighted by atomic mass is 10.2. The summed E-state index contributed by atoms with van der Waals surface area (Å²) >= 11 is 5.05. The van der Waals surface area contributed by atoms with E-state index in [0.29, 0.717) is 21.9 Å². The van der Waals surface area contributed by atoms with Crippen molar-refractivity contribution < 1.29 is 8.81 Å². The zero-order valence-electron chi connectivity index (χ0n) is 9.53. The summed E-state index contributed by atoms with van der Waals surface area (Å²) in [4.78, 5) is 7.13. The molecule has 0 unspecified atom stereocenters. The van der Waals surface area contributed by atoms with Gasteiger partial charge in [-0.3, -0.25) is 0 Å². The zero-order valence-corrected chi connectivity index (χ0v) is 10.3. The highest BCUT2D eigenvalue weighted by molar-refractivity contribution is 7.71. The Morgan fingerprint density at radius 1 is 1.33 bits per heavy atom. The van der Waals surface area contributed by atoms with Gasteiger partial charge in [-0.2, -0.15) is 0 Å². The number of furan rings is 1. The van der Waals surface area contributed by atoms with Crippen molar-refractivity contribution >= 4 is 23.2 Å². The fourth-order valence-corrected chi connectivity index (χ4v) is 2.13. The standard InChI is InChI=1S/C13H9FN2OS/c1-7-15-10(6-12(18)16-7)11-5-8-3-2-4-9(14)13(8)17-11/h2-6H,1H3,(H,15,16,18). The number of H-pyrrole nitrogens is 1. The summed E-state index contributed by atoms with van der Waals surface area (Å²) in [5.74, 6) is 0.869. The van der Waals surface area contributed by atoms with Crippen molar-refractivity contribution in [2.75, 3.05) is 0 Å². The number of hydrogen-bond acceptors (Lipinski definition) is 3. The van der Waals surface area contributed by atoms with Crippen LogP contribution < -0.4 is 0 Å². The Morgan fingerprint density at radius 3 is 2.89 bits per heavy atom. The maximum atomic E-state index is 13.5. The molecule has 0 radical (unpaired) electrons. The molecule has 2 aromatic heterocycles. The van der Waals surface area contributed by atoms with Crippen molar-refractivity contribution in [2.24, 2.45) is 0 Å². The molecule has 3 nitrogen and oxygen atoms in total. The molecule has 2 heterocycles. The second-order valence-electron chi connectivity index (χ2n) is 3.99. The highest BCUT2D eigenvalue weighted by Crippen LogP contribution is 2.28. The van der Waals surface area contributed by atoms with Crippen molar-refractivity contribution in [3.8, 4) is 11.5 Å². The molecular formula is C13H9FN2OS. The predicted molar refractivity (Wildman–Crippen MR) is 69.3 cm³/mol. The van der Waals surface area contributed by atoms with Gasteiger partial charge in [-0.1, -0.05) is 24.4 Å². The third-order valence-corrected chi connectivity index (χ3v) is 2.83. The summed E-state index contributed by atoms with van der Waals surface area (Å²) in [6, 6.07) is 8.29. The number of aromatic amines is 1. The van der Waals surface area contributed by atoms with E-state index in [1.165, 1.54) is 6.07 Å². The Labute approximate surface area is 107 Å². The molecule has 0 saturated heterocycles. The molecule has 90 valence electrons. The normalized spacial score (nSPS) is 11.0. The van der Waals surface area contributed by atoms with E-state index in [0.717, 1.165) is 5.39 Å². The smallest absolute Gasteiger partial charge is 0.170 e. The van der Waals surface area contributed by atoms with Crippen molar-refractivity contribution in [1.82, 2.24) is 9.97 Å². The van der Waals surface area contributed by atoms with Gasteiger partial charge < -0.3 is 9.40 Å². The summed E-state index contributed by atoms with van der Waals surface area (Å²) in [7, 11) is 0. The van der Waals surface area contributed by atoms with E-state index in [2.05, 4.69) is 9.97 Å². The maximum absolute atomic E-state index is 13.5. The van der Waals surface area contributed by atoms with Gasteiger partial charge in [0.25, 0.3) is 0 Å². The molecule has 1 aromatic carbocycles. The van der Waals surface area contributed by atoms with Gasteiger partial charge in [0.1, 0.15) is 10.5 Å². The van der Waals surface area contributed by atoms with Crippen LogP contribution in [0.3, 0.4) is 0 Å². The maximum Gasteiger partial charge on any atom is 0.170 e. The van der Waals surface area contributed by atoms with E-state index in [1.54, 1.807) is 24.3 Å². The number of nitrogens with zero attached hydrogens (tertiary/aromatic N) is 1. The lowest BCUT2D eigenvalue weighted by molar-refractivity contribution is 0.567. The van der Waals surface area contributed by atoms with E-state index in [1.807, 2.05) is 6.92 Å². The average molecular weight is 260 g/mol. The van der Waals surface area contributed by atoms with Gasteiger partial charge in [0.2, 0.25) is 0 Å². The van der Waals surface area contributed by atoms with Crippen LogP contribution in [0.5, 0.6) is 0 Å². The predicted octanol–water partition coefficient (Wildman–Crippen LogP) is 4.00. The number of fused-ring (bicyclic) bond motifs is 1. The van der Waals surface area contributed by atoms with Crippen molar-refractivity contribution in [3.63, 3.8) is 0 Å². The molecule has 3 aromatic rings. The molecule has 18 heavy (non-hydrogen) atoms. The third-order valence-electron chi connectivity index (χ3n) is 2.62. The van der Waals surface area contributed by atoms with Gasteiger partial charge in [-0.15, -0.1) is 0 Å². The molecule has 0 bridgehead atoms. The molecule has 3 rings (SSSR count). The van der Waals surface area contributed by atoms with E-state index in [4.69, 9.17) is 16.6 Å². The van der Waals surface area contributed by atoms with E-state index in [-0.39, 0.29) is 11.4 Å². The number of halogens is 1. The van der Waals surface area contributed by atoms with Gasteiger partial charge in [0.15, 0.2) is 17.2 Å². The van der Waals surface area contributed by atoms with E-state index >= 15 is 0 Å². The number of nitrogens with one attached hydrogen (secondary N) is 1. The second kappa shape index (κ2) is 4.03. The minimum Gasteiger partial charge on any atom is -0.451 e. The summed E-state index contributed by atoms with van der Waals surface area (Å²) in [5, 5.41) is 0.721. The number of benzene rings is 1. The van der Waals surface area contributed by atoms with E-state index < -0.39 is 0 Å². The van der Waals surface area contributed by atoms with Crippen LogP contribution in [0.4, 0.5) is 4.39 Å². The topological polar surface area (TPSA) is 41.8 Å². The Bertz CT molecular complexity index is 791. The summed E-state index contributed by atoms with van der Waals surface area (Å²) in [6.07, 6.45) is 0. The largest absolute Gasteiger partial charge is 0.451 e. The summed E-state index contributed by atoms with van der Waals surface area (Å²) in [5.41, 5.74) is 0.949. The quantitative estimate of drug-likeness (QED) is 0.672. The molecular weight excluding hydrogens is 251 g/mol. The number of hydrogen-bond donors (Lipinski definition) is 1. The van der Waals surface area contributed by atoms with Crippen LogP contribution in [-0.2, 0) is 0 Å². The lowest BCUT2D eigenvalue weighted by Gasteiger charge is -1.98. The number of para-hydroxylation sites is 1. The first-order valence-corrected chi connectivity index (χ1v) is 5.81. The van der Waals surface area contributed by atoms with Crippen LogP contribution >= 0.6 is 12.2 Å². The van der Waals surface area contributed by atoms with E-state index in [9.17, 15) is 4.39 Å². The first-order valence-electron chi connectivity index (χ1n) is 5.40. The molecule has 0 fully saturated rings. The Morgan fingerprint density at radius 2 is 2.17 bits per heavy atom. The number of aromatic nitrogens is 2. The minimum atomic E-state index is -0.372. The second-order valence-corrected chi connectivity index (χ2v) is 4.41. The Balaban J connectivity index is 2.25. The molecule has 5 heteroatoms. The van der Waals surface area contributed by atoms with Crippen LogP contribution in [0.15, 0.2) is 34.7 Å². The molecule has 0 atom stereocenters. The Kier molecular flexibility index (Phi) is 2.48. The van der Waals surface area contributed by atoms with Crippen molar-refractivity contribution in [3.05, 3.63) is 46.6 Å². The fraction of sp³-hybridized carbons (Fsp3) is 0.0769. The van der Waals surface area contributed by atoms with Crippen LogP contribution in [0.2, 0.25) is 0 Å². The SMILES string of the molecule is Cc1nc(=S)cc(-c2cc3cccc(F)c3o2)[nH]1. The van der Waals surface area contributed by atoms with Gasteiger partial charge in [0.05, 0.1) is 5.69 Å². The molecule has 0 aliphatic heterocycles. The summed E-state index contributed by atoms with van der Waals surface area (Å²) < 4.78 is 19.5. The number of rotatable bonds is 1. The van der Waals surface area contributed by atoms with Gasteiger partial charge in [0, 0.05) is 11.5 Å². The Hall–Kier alpha value is -2.01. The molecule has 0 aliphatic rings. The molecule has 0 aliphatic carbocycles. The monoisotopic (exact) mass is 260 g/mol. The highest BCUT2D eigenvalue weighted by atomic mass is 32.1. The van der Waals surface area contributed by atoms with Crippen LogP contribution in [0, 0.1) is 17.4 Å². The van der Waals surface area contributed by atoms with Gasteiger partial charge in [-0.25, -0.2) is 9.37 Å². The van der Waals surface area contributed by atoms with Gasteiger partial charge in [-0.05, 0) is 19.1 Å². The van der Waals surface area contributed by atoms with Crippen LogP contribution in [-0.4, -0.2) is 9.97 Å². The lowest BCUT2D eigenvalue weighted by Crippen LogP contribution is -1.89.